The lowest BCUT2D eigenvalue weighted by Crippen LogP contribution is -2.35. The Labute approximate surface area is 188 Å². The third-order valence-electron chi connectivity index (χ3n) is 5.70. The highest BCUT2D eigenvalue weighted by molar-refractivity contribution is 5.99. The molecule has 0 bridgehead atoms. The van der Waals surface area contributed by atoms with Gasteiger partial charge in [0.25, 0.3) is 5.91 Å². The van der Waals surface area contributed by atoms with Crippen LogP contribution in [-0.4, -0.2) is 47.0 Å². The number of anilines is 1. The molecule has 0 unspecified atom stereocenters. The van der Waals surface area contributed by atoms with Crippen LogP contribution in [0.3, 0.4) is 0 Å². The van der Waals surface area contributed by atoms with Crippen LogP contribution in [0.2, 0.25) is 0 Å². The molecule has 0 saturated heterocycles. The van der Waals surface area contributed by atoms with E-state index in [1.807, 2.05) is 30.3 Å². The predicted octanol–water partition coefficient (Wildman–Crippen LogP) is 4.00. The molecule has 2 amide bonds. The van der Waals surface area contributed by atoms with E-state index in [9.17, 15) is 9.59 Å². The lowest BCUT2D eigenvalue weighted by molar-refractivity contribution is -0.116. The van der Waals surface area contributed by atoms with E-state index in [-0.39, 0.29) is 18.4 Å². The normalized spacial score (nSPS) is 13.1. The molecule has 7 heteroatoms. The van der Waals surface area contributed by atoms with Gasteiger partial charge in [-0.3, -0.25) is 9.59 Å². The van der Waals surface area contributed by atoms with Gasteiger partial charge in [-0.15, -0.1) is 0 Å². The topological polar surface area (TPSA) is 76.5 Å². The van der Waals surface area contributed by atoms with Gasteiger partial charge in [0.1, 0.15) is 17.3 Å². The van der Waals surface area contributed by atoms with E-state index in [4.69, 9.17) is 9.72 Å². The van der Waals surface area contributed by atoms with Gasteiger partial charge < -0.3 is 19.5 Å². The molecule has 0 fully saturated rings. The first-order valence-corrected chi connectivity index (χ1v) is 10.9. The lowest BCUT2D eigenvalue weighted by Gasteiger charge is -2.17. The first-order chi connectivity index (χ1) is 15.6. The summed E-state index contributed by atoms with van der Waals surface area (Å²) in [6.07, 6.45) is 4.04. The fraction of sp³-hybridized carbons (Fsp3) is 0.320. The van der Waals surface area contributed by atoms with E-state index in [1.54, 1.807) is 38.4 Å². The van der Waals surface area contributed by atoms with E-state index in [0.717, 1.165) is 49.3 Å². The van der Waals surface area contributed by atoms with E-state index < -0.39 is 0 Å². The summed E-state index contributed by atoms with van der Waals surface area (Å²) in [7, 11) is 3.23. The molecular weight excluding hydrogens is 404 g/mol. The SMILES string of the molecule is COc1ccc(NC(=O)CN(C)C(=O)c2nc(-c3ccccc3)n3c2CCCCC3)cc1. The van der Waals surface area contributed by atoms with Crippen molar-refractivity contribution in [1.82, 2.24) is 14.5 Å². The summed E-state index contributed by atoms with van der Waals surface area (Å²) >= 11 is 0. The Morgan fingerprint density at radius 1 is 1.06 bits per heavy atom. The zero-order chi connectivity index (χ0) is 22.5. The number of hydrogen-bond donors (Lipinski definition) is 1. The monoisotopic (exact) mass is 432 g/mol. The van der Waals surface area contributed by atoms with Crippen molar-refractivity contribution in [1.29, 1.82) is 0 Å². The third-order valence-corrected chi connectivity index (χ3v) is 5.70. The van der Waals surface area contributed by atoms with Crippen molar-refractivity contribution in [3.8, 4) is 17.1 Å². The summed E-state index contributed by atoms with van der Waals surface area (Å²) in [5, 5.41) is 2.82. The number of aromatic nitrogens is 2. The van der Waals surface area contributed by atoms with Gasteiger partial charge in [-0.05, 0) is 43.5 Å². The van der Waals surface area contributed by atoms with Crippen LogP contribution in [0.4, 0.5) is 5.69 Å². The predicted molar refractivity (Wildman–Crippen MR) is 124 cm³/mol. The van der Waals surface area contributed by atoms with E-state index >= 15 is 0 Å². The number of ether oxygens (including phenoxy) is 1. The van der Waals surface area contributed by atoms with Gasteiger partial charge in [-0.1, -0.05) is 36.8 Å². The summed E-state index contributed by atoms with van der Waals surface area (Å²) < 4.78 is 7.31. The molecule has 0 spiro atoms. The average molecular weight is 433 g/mol. The highest BCUT2D eigenvalue weighted by atomic mass is 16.5. The van der Waals surface area contributed by atoms with E-state index in [1.165, 1.54) is 4.90 Å². The maximum Gasteiger partial charge on any atom is 0.274 e. The smallest absolute Gasteiger partial charge is 0.274 e. The van der Waals surface area contributed by atoms with E-state index in [2.05, 4.69) is 9.88 Å². The number of likely N-dealkylation sites (N-methyl/N-ethyl adjacent to an activating group) is 1. The van der Waals surface area contributed by atoms with Gasteiger partial charge in [0, 0.05) is 24.8 Å². The Morgan fingerprint density at radius 3 is 2.53 bits per heavy atom. The molecule has 3 aromatic rings. The second kappa shape index (κ2) is 9.68. The summed E-state index contributed by atoms with van der Waals surface area (Å²) in [6.45, 7) is 0.791. The number of fused-ring (bicyclic) bond motifs is 1. The van der Waals surface area contributed by atoms with Crippen LogP contribution in [0.1, 0.15) is 35.4 Å². The van der Waals surface area contributed by atoms with Gasteiger partial charge in [0.15, 0.2) is 0 Å². The van der Waals surface area contributed by atoms with Crippen LogP contribution >= 0.6 is 0 Å². The van der Waals surface area contributed by atoms with Crippen LogP contribution in [0.15, 0.2) is 54.6 Å². The number of methoxy groups -OCH3 is 1. The van der Waals surface area contributed by atoms with Gasteiger partial charge in [-0.25, -0.2) is 4.98 Å². The Kier molecular flexibility index (Phi) is 6.54. The molecule has 0 saturated carbocycles. The van der Waals surface area contributed by atoms with Crippen LogP contribution in [0.5, 0.6) is 5.75 Å². The molecule has 32 heavy (non-hydrogen) atoms. The number of nitrogens with zero attached hydrogens (tertiary/aromatic N) is 3. The Balaban J connectivity index is 1.52. The van der Waals surface area contributed by atoms with Crippen molar-refractivity contribution in [3.05, 3.63) is 66.0 Å². The van der Waals surface area contributed by atoms with Crippen LogP contribution in [0, 0.1) is 0 Å². The van der Waals surface area contributed by atoms with Gasteiger partial charge >= 0.3 is 0 Å². The number of carbonyl (C=O) groups is 2. The van der Waals surface area contributed by atoms with Crippen molar-refractivity contribution in [2.45, 2.75) is 32.2 Å². The number of rotatable bonds is 6. The third kappa shape index (κ3) is 4.66. The molecule has 0 aliphatic carbocycles. The van der Waals surface area contributed by atoms with Crippen molar-refractivity contribution < 1.29 is 14.3 Å². The molecule has 2 aromatic carbocycles. The number of carbonyl (C=O) groups excluding carboxylic acids is 2. The summed E-state index contributed by atoms with van der Waals surface area (Å²) in [5.41, 5.74) is 3.06. The van der Waals surface area contributed by atoms with Crippen molar-refractivity contribution in [2.24, 2.45) is 0 Å². The molecule has 1 aromatic heterocycles. The number of hydrogen-bond acceptors (Lipinski definition) is 4. The van der Waals surface area contributed by atoms with Crippen LogP contribution in [0.25, 0.3) is 11.4 Å². The van der Waals surface area contributed by atoms with Crippen molar-refractivity contribution in [3.63, 3.8) is 0 Å². The second-order valence-corrected chi connectivity index (χ2v) is 8.00. The molecule has 4 rings (SSSR count). The van der Waals surface area contributed by atoms with Crippen LogP contribution in [-0.2, 0) is 17.8 Å². The summed E-state index contributed by atoms with van der Waals surface area (Å²) in [6, 6.07) is 17.0. The first kappa shape index (κ1) is 21.6. The number of benzene rings is 2. The molecule has 7 nitrogen and oxygen atoms in total. The molecule has 0 atom stereocenters. The molecule has 166 valence electrons. The molecule has 1 aliphatic rings. The Bertz CT molecular complexity index is 1090. The standard InChI is InChI=1S/C25H28N4O3/c1-28(17-22(30)26-19-12-14-20(32-2)15-13-19)25(31)23-21-11-7-4-8-16-29(21)24(27-23)18-9-5-3-6-10-18/h3,5-6,9-10,12-15H,4,7-8,11,16-17H2,1-2H3,(H,26,30). The van der Waals surface area contributed by atoms with E-state index in [0.29, 0.717) is 17.1 Å². The highest BCUT2D eigenvalue weighted by Gasteiger charge is 2.27. The van der Waals surface area contributed by atoms with Crippen molar-refractivity contribution in [2.75, 3.05) is 26.0 Å². The Morgan fingerprint density at radius 2 is 1.81 bits per heavy atom. The zero-order valence-corrected chi connectivity index (χ0v) is 18.5. The fourth-order valence-corrected chi connectivity index (χ4v) is 4.04. The zero-order valence-electron chi connectivity index (χ0n) is 18.5. The lowest BCUT2D eigenvalue weighted by atomic mass is 10.1. The maximum absolute atomic E-state index is 13.3. The maximum atomic E-state index is 13.3. The average Bonchev–Trinajstić information content (AvgIpc) is 3.00. The Hall–Kier alpha value is -3.61. The first-order valence-electron chi connectivity index (χ1n) is 10.9. The minimum atomic E-state index is -0.264. The summed E-state index contributed by atoms with van der Waals surface area (Å²) in [4.78, 5) is 32.0. The minimum Gasteiger partial charge on any atom is -0.497 e. The second-order valence-electron chi connectivity index (χ2n) is 8.00. The molecule has 1 aliphatic heterocycles. The highest BCUT2D eigenvalue weighted by Crippen LogP contribution is 2.27. The molecule has 2 heterocycles. The summed E-state index contributed by atoms with van der Waals surface area (Å²) in [5.74, 6) is 1.04. The fourth-order valence-electron chi connectivity index (χ4n) is 4.04. The van der Waals surface area contributed by atoms with Gasteiger partial charge in [0.05, 0.1) is 19.3 Å². The molecular formula is C25H28N4O3. The molecule has 0 radical (unpaired) electrons. The quantitative estimate of drug-likeness (QED) is 0.639. The van der Waals surface area contributed by atoms with Crippen molar-refractivity contribution >= 4 is 17.5 Å². The molecule has 1 N–H and O–H groups in total. The number of imidazole rings is 1. The van der Waals surface area contributed by atoms with Gasteiger partial charge in [-0.2, -0.15) is 0 Å². The van der Waals surface area contributed by atoms with Gasteiger partial charge in [0.2, 0.25) is 5.91 Å². The van der Waals surface area contributed by atoms with Crippen LogP contribution < -0.4 is 10.1 Å². The number of amides is 2. The minimum absolute atomic E-state index is 0.0577. The largest absolute Gasteiger partial charge is 0.497 e. The number of nitrogens with one attached hydrogen (secondary N) is 1.